The van der Waals surface area contributed by atoms with Gasteiger partial charge in [-0.3, -0.25) is 0 Å². The van der Waals surface area contributed by atoms with Crippen molar-refractivity contribution in [1.29, 1.82) is 0 Å². The van der Waals surface area contributed by atoms with E-state index in [1.165, 1.54) is 0 Å². The minimum atomic E-state index is -0.219. The summed E-state index contributed by atoms with van der Waals surface area (Å²) in [5.74, 6) is 0. The summed E-state index contributed by atoms with van der Waals surface area (Å²) in [4.78, 5) is 0. The molecule has 0 aromatic heterocycles. The molecule has 0 N–H and O–H groups in total. The molecule has 0 bridgehead atoms. The van der Waals surface area contributed by atoms with Gasteiger partial charge < -0.3 is 0 Å². The van der Waals surface area contributed by atoms with Crippen LogP contribution in [0.5, 0.6) is 0 Å². The molecule has 0 rings (SSSR count). The molecule has 0 saturated carbocycles. The number of hydrogen-bond donors (Lipinski definition) is 0. The molecule has 0 atom stereocenters. The van der Waals surface area contributed by atoms with Crippen LogP contribution in [0, 0.1) is 0 Å². The molecule has 0 nitrogen and oxygen atoms in total. The van der Waals surface area contributed by atoms with E-state index in [4.69, 9.17) is 0 Å². The molecule has 44 valence electrons. The van der Waals surface area contributed by atoms with E-state index in [2.05, 4.69) is 22.8 Å². The first-order valence-electron chi connectivity index (χ1n) is 2.42. The molecule has 0 radical (unpaired) electrons. The summed E-state index contributed by atoms with van der Waals surface area (Å²) < 4.78 is 1.65. The third-order valence-corrected chi connectivity index (χ3v) is 15.3. The summed E-state index contributed by atoms with van der Waals surface area (Å²) in [7, 11) is 0. The molecular formula is C5H14As2. The Labute approximate surface area is 56.2 Å². The standard InChI is InChI=1S/C5H14As2/c1-6(2)5-7(3)4/h5H2,1-4H3. The molecule has 0 spiro atoms. The second kappa shape index (κ2) is 4.04. The van der Waals surface area contributed by atoms with E-state index < -0.39 is 0 Å². The maximum atomic E-state index is 2.45. The fourth-order valence-corrected chi connectivity index (χ4v) is 15.3. The molecule has 0 fully saturated rings. The first kappa shape index (κ1) is 8.12. The van der Waals surface area contributed by atoms with Crippen LogP contribution < -0.4 is 0 Å². The quantitative estimate of drug-likeness (QED) is 0.629. The summed E-state index contributed by atoms with van der Waals surface area (Å²) in [6.45, 7) is 0. The predicted octanol–water partition coefficient (Wildman–Crippen LogP) is 2.03. The van der Waals surface area contributed by atoms with Crippen molar-refractivity contribution < 1.29 is 0 Å². The molecule has 0 aliphatic carbocycles. The Morgan fingerprint density at radius 2 is 1.14 bits per heavy atom. The van der Waals surface area contributed by atoms with Gasteiger partial charge in [0.05, 0.1) is 0 Å². The molecule has 0 aromatic carbocycles. The van der Waals surface area contributed by atoms with E-state index in [0.717, 1.165) is 0 Å². The van der Waals surface area contributed by atoms with Crippen LogP contribution in [0.3, 0.4) is 0 Å². The second-order valence-electron chi connectivity index (χ2n) is 2.30. The van der Waals surface area contributed by atoms with Crippen LogP contribution in [0.1, 0.15) is 0 Å². The SMILES string of the molecule is C[As](C)C[As](C)C. The van der Waals surface area contributed by atoms with Crippen molar-refractivity contribution in [2.45, 2.75) is 26.8 Å². The van der Waals surface area contributed by atoms with Crippen LogP contribution in [0.25, 0.3) is 0 Å². The van der Waals surface area contributed by atoms with E-state index in [9.17, 15) is 0 Å². The van der Waals surface area contributed by atoms with Crippen LogP contribution >= 0.6 is 0 Å². The van der Waals surface area contributed by atoms with Crippen molar-refractivity contribution in [1.82, 2.24) is 0 Å². The molecule has 2 heteroatoms. The molecule has 0 unspecified atom stereocenters. The van der Waals surface area contributed by atoms with E-state index >= 15 is 0 Å². The zero-order valence-electron chi connectivity index (χ0n) is 5.60. The van der Waals surface area contributed by atoms with Gasteiger partial charge in [-0.15, -0.1) is 0 Å². The van der Waals surface area contributed by atoms with Crippen LogP contribution in [0.15, 0.2) is 0 Å². The molecule has 0 aromatic rings. The Balaban J connectivity index is 2.95. The predicted molar refractivity (Wildman–Crippen MR) is 39.8 cm³/mol. The van der Waals surface area contributed by atoms with Gasteiger partial charge in [0.2, 0.25) is 0 Å². The first-order valence-corrected chi connectivity index (χ1v) is 12.6. The number of hydrogen-bond acceptors (Lipinski definition) is 0. The van der Waals surface area contributed by atoms with Gasteiger partial charge in [0.15, 0.2) is 0 Å². The minimum absolute atomic E-state index is 0.219. The summed E-state index contributed by atoms with van der Waals surface area (Å²) in [6.07, 6.45) is 0. The van der Waals surface area contributed by atoms with Gasteiger partial charge in [0.25, 0.3) is 0 Å². The van der Waals surface area contributed by atoms with E-state index in [1.807, 2.05) is 0 Å². The number of rotatable bonds is 2. The average Bonchev–Trinajstić information content (AvgIpc) is 1.27. The van der Waals surface area contributed by atoms with Gasteiger partial charge in [-0.1, -0.05) is 0 Å². The van der Waals surface area contributed by atoms with E-state index in [-0.39, 0.29) is 29.3 Å². The molecule has 0 amide bonds. The topological polar surface area (TPSA) is 0 Å². The molecule has 0 aliphatic heterocycles. The fraction of sp³-hybridized carbons (Fsp3) is 1.00. The fourth-order valence-electron chi connectivity index (χ4n) is 0.566. The monoisotopic (exact) mass is 224 g/mol. The van der Waals surface area contributed by atoms with Crippen molar-refractivity contribution in [2.75, 3.05) is 0 Å². The van der Waals surface area contributed by atoms with E-state index in [1.54, 1.807) is 4.00 Å². The van der Waals surface area contributed by atoms with Crippen LogP contribution in [0.2, 0.25) is 26.8 Å². The Bertz CT molecular complexity index is 35.3. The average molecular weight is 224 g/mol. The van der Waals surface area contributed by atoms with Crippen LogP contribution in [0.4, 0.5) is 0 Å². The molecule has 0 aliphatic rings. The second-order valence-corrected chi connectivity index (χ2v) is 15.0. The molecular weight excluding hydrogens is 210 g/mol. The van der Waals surface area contributed by atoms with Crippen molar-refractivity contribution in [2.24, 2.45) is 0 Å². The Morgan fingerprint density at radius 3 is 1.14 bits per heavy atom. The Kier molecular flexibility index (Phi) is 4.69. The van der Waals surface area contributed by atoms with Crippen molar-refractivity contribution in [3.63, 3.8) is 0 Å². The normalized spacial score (nSPS) is 11.1. The summed E-state index contributed by atoms with van der Waals surface area (Å²) >= 11 is -0.438. The summed E-state index contributed by atoms with van der Waals surface area (Å²) in [5.41, 5.74) is 9.78. The first-order chi connectivity index (χ1) is 3.13. The van der Waals surface area contributed by atoms with Gasteiger partial charge in [-0.05, 0) is 0 Å². The van der Waals surface area contributed by atoms with Gasteiger partial charge in [-0.2, -0.15) is 0 Å². The van der Waals surface area contributed by atoms with Gasteiger partial charge in [0.1, 0.15) is 0 Å². The molecule has 0 heterocycles. The Hall–Kier alpha value is 1.12. The van der Waals surface area contributed by atoms with Crippen LogP contribution in [-0.4, -0.2) is 29.3 Å². The van der Waals surface area contributed by atoms with Crippen molar-refractivity contribution in [3.05, 3.63) is 0 Å². The third kappa shape index (κ3) is 7.12. The van der Waals surface area contributed by atoms with Gasteiger partial charge in [0, 0.05) is 0 Å². The van der Waals surface area contributed by atoms with Gasteiger partial charge >= 0.3 is 56.1 Å². The maximum absolute atomic E-state index is 2.45. The van der Waals surface area contributed by atoms with E-state index in [0.29, 0.717) is 0 Å². The molecule has 0 saturated heterocycles. The third-order valence-electron chi connectivity index (χ3n) is 0.566. The van der Waals surface area contributed by atoms with Crippen molar-refractivity contribution >= 4 is 29.3 Å². The zero-order chi connectivity index (χ0) is 5.86. The summed E-state index contributed by atoms with van der Waals surface area (Å²) in [5, 5.41) is 0. The summed E-state index contributed by atoms with van der Waals surface area (Å²) in [6, 6.07) is 0. The zero-order valence-corrected chi connectivity index (χ0v) is 9.35. The Morgan fingerprint density at radius 1 is 0.857 bits per heavy atom. The molecule has 7 heavy (non-hydrogen) atoms. The van der Waals surface area contributed by atoms with Crippen molar-refractivity contribution in [3.8, 4) is 0 Å². The van der Waals surface area contributed by atoms with Gasteiger partial charge in [-0.25, -0.2) is 0 Å². The van der Waals surface area contributed by atoms with Crippen LogP contribution in [-0.2, 0) is 0 Å².